The molecule has 18 heavy (non-hydrogen) atoms. The summed E-state index contributed by atoms with van der Waals surface area (Å²) >= 11 is 0. The van der Waals surface area contributed by atoms with E-state index in [-0.39, 0.29) is 28.6 Å². The molecule has 0 atom stereocenters. The van der Waals surface area contributed by atoms with Crippen LogP contribution in [0.2, 0.25) is 0 Å². The molecule has 0 aliphatic rings. The lowest BCUT2D eigenvalue weighted by molar-refractivity contribution is 0.0693. The van der Waals surface area contributed by atoms with Gasteiger partial charge in [-0.05, 0) is 30.3 Å². The first-order valence-electron chi connectivity index (χ1n) is 5.10. The molecule has 0 heterocycles. The number of hydrogen-bond donors (Lipinski definition) is 3. The van der Waals surface area contributed by atoms with Crippen molar-refractivity contribution in [2.45, 2.75) is 0 Å². The third-order valence-electron chi connectivity index (χ3n) is 2.28. The van der Waals surface area contributed by atoms with Crippen molar-refractivity contribution >= 4 is 5.97 Å². The van der Waals surface area contributed by atoms with Crippen LogP contribution in [0.5, 0.6) is 23.0 Å². The summed E-state index contributed by atoms with van der Waals surface area (Å²) in [5.74, 6) is -1.30. The van der Waals surface area contributed by atoms with E-state index in [4.69, 9.17) is 9.84 Å². The van der Waals surface area contributed by atoms with Crippen LogP contribution < -0.4 is 4.74 Å². The van der Waals surface area contributed by atoms with Crippen molar-refractivity contribution in [2.24, 2.45) is 0 Å². The third-order valence-corrected chi connectivity index (χ3v) is 2.28. The molecule has 5 nitrogen and oxygen atoms in total. The van der Waals surface area contributed by atoms with Gasteiger partial charge in [0.05, 0.1) is 0 Å². The fraction of sp³-hybridized carbons (Fsp3) is 0. The van der Waals surface area contributed by atoms with Crippen LogP contribution >= 0.6 is 0 Å². The Morgan fingerprint density at radius 3 is 2.39 bits per heavy atom. The Bertz CT molecular complexity index is 592. The van der Waals surface area contributed by atoms with Crippen LogP contribution in [0.15, 0.2) is 42.5 Å². The topological polar surface area (TPSA) is 87.0 Å². The maximum Gasteiger partial charge on any atom is 0.339 e. The maximum absolute atomic E-state index is 11.0. The van der Waals surface area contributed by atoms with Crippen molar-refractivity contribution < 1.29 is 24.9 Å². The van der Waals surface area contributed by atoms with Gasteiger partial charge in [-0.2, -0.15) is 0 Å². The highest BCUT2D eigenvalue weighted by Gasteiger charge is 2.14. The van der Waals surface area contributed by atoms with Crippen LogP contribution in [0.4, 0.5) is 0 Å². The highest BCUT2D eigenvalue weighted by Crippen LogP contribution is 2.33. The number of ether oxygens (including phenoxy) is 1. The summed E-state index contributed by atoms with van der Waals surface area (Å²) in [5, 5.41) is 27.8. The summed E-state index contributed by atoms with van der Waals surface area (Å²) in [6, 6.07) is 9.92. The van der Waals surface area contributed by atoms with E-state index in [0.717, 1.165) is 6.07 Å². The van der Waals surface area contributed by atoms with E-state index >= 15 is 0 Å². The molecule has 0 fully saturated rings. The van der Waals surface area contributed by atoms with Crippen molar-refractivity contribution in [2.75, 3.05) is 0 Å². The normalized spacial score (nSPS) is 10.0. The number of para-hydroxylation sites is 2. The number of rotatable bonds is 3. The van der Waals surface area contributed by atoms with E-state index in [2.05, 4.69) is 0 Å². The molecule has 3 N–H and O–H groups in total. The Kier molecular flexibility index (Phi) is 3.05. The highest BCUT2D eigenvalue weighted by molar-refractivity contribution is 5.91. The smallest absolute Gasteiger partial charge is 0.339 e. The molecule has 0 spiro atoms. The number of phenolic OH excluding ortho intramolecular Hbond substituents is 2. The fourth-order valence-corrected chi connectivity index (χ4v) is 1.44. The quantitative estimate of drug-likeness (QED) is 0.774. The minimum Gasteiger partial charge on any atom is -0.508 e. The molecule has 92 valence electrons. The second kappa shape index (κ2) is 4.67. The first-order valence-corrected chi connectivity index (χ1v) is 5.10. The number of carboxylic acids is 1. The summed E-state index contributed by atoms with van der Waals surface area (Å²) in [5.41, 5.74) is -0.182. The van der Waals surface area contributed by atoms with E-state index in [0.29, 0.717) is 0 Å². The fourth-order valence-electron chi connectivity index (χ4n) is 1.44. The number of aromatic carboxylic acids is 1. The van der Waals surface area contributed by atoms with E-state index in [9.17, 15) is 15.0 Å². The molecule has 0 aliphatic heterocycles. The van der Waals surface area contributed by atoms with Gasteiger partial charge in [-0.3, -0.25) is 0 Å². The molecule has 0 bridgehead atoms. The number of carbonyl (C=O) groups is 1. The molecule has 2 aromatic carbocycles. The molecular weight excluding hydrogens is 236 g/mol. The summed E-state index contributed by atoms with van der Waals surface area (Å²) in [6.45, 7) is 0. The van der Waals surface area contributed by atoms with Gasteiger partial charge in [-0.15, -0.1) is 0 Å². The van der Waals surface area contributed by atoms with Crippen LogP contribution in [0.1, 0.15) is 10.4 Å². The molecule has 0 aliphatic carbocycles. The Morgan fingerprint density at radius 1 is 1.00 bits per heavy atom. The summed E-state index contributed by atoms with van der Waals surface area (Å²) in [4.78, 5) is 11.0. The van der Waals surface area contributed by atoms with E-state index in [1.54, 1.807) is 12.1 Å². The lowest BCUT2D eigenvalue weighted by Gasteiger charge is -2.10. The molecule has 2 aromatic rings. The van der Waals surface area contributed by atoms with Gasteiger partial charge in [0.25, 0.3) is 0 Å². The van der Waals surface area contributed by atoms with Crippen LogP contribution in [-0.4, -0.2) is 21.3 Å². The van der Waals surface area contributed by atoms with Crippen molar-refractivity contribution in [3.63, 3.8) is 0 Å². The summed E-state index contributed by atoms with van der Waals surface area (Å²) < 4.78 is 5.31. The molecule has 0 saturated heterocycles. The molecule has 0 amide bonds. The van der Waals surface area contributed by atoms with Crippen LogP contribution in [0, 0.1) is 0 Å². The van der Waals surface area contributed by atoms with Crippen LogP contribution in [0.25, 0.3) is 0 Å². The Morgan fingerprint density at radius 2 is 1.72 bits per heavy atom. The minimum atomic E-state index is -1.23. The highest BCUT2D eigenvalue weighted by atomic mass is 16.5. The number of aromatic hydroxyl groups is 2. The SMILES string of the molecule is O=C(O)c1cc(O)ccc1Oc1ccccc1O. The van der Waals surface area contributed by atoms with Gasteiger partial charge in [0.15, 0.2) is 11.5 Å². The van der Waals surface area contributed by atoms with Crippen molar-refractivity contribution in [3.05, 3.63) is 48.0 Å². The molecular formula is C13H10O5. The van der Waals surface area contributed by atoms with Gasteiger partial charge < -0.3 is 20.1 Å². The van der Waals surface area contributed by atoms with E-state index < -0.39 is 5.97 Å². The lowest BCUT2D eigenvalue weighted by Crippen LogP contribution is -1.99. The molecule has 0 aromatic heterocycles. The predicted molar refractivity (Wildman–Crippen MR) is 63.2 cm³/mol. The monoisotopic (exact) mass is 246 g/mol. The molecule has 2 rings (SSSR count). The van der Waals surface area contributed by atoms with Crippen LogP contribution in [-0.2, 0) is 0 Å². The average Bonchev–Trinajstić information content (AvgIpc) is 2.34. The zero-order chi connectivity index (χ0) is 13.1. The first-order chi connectivity index (χ1) is 8.58. The molecule has 0 saturated carbocycles. The molecule has 0 unspecified atom stereocenters. The molecule has 0 radical (unpaired) electrons. The van der Waals surface area contributed by atoms with Crippen LogP contribution in [0.3, 0.4) is 0 Å². The van der Waals surface area contributed by atoms with Gasteiger partial charge in [0.1, 0.15) is 17.1 Å². The van der Waals surface area contributed by atoms with Gasteiger partial charge >= 0.3 is 5.97 Å². The van der Waals surface area contributed by atoms with Gasteiger partial charge in [0.2, 0.25) is 0 Å². The lowest BCUT2D eigenvalue weighted by atomic mass is 10.2. The Balaban J connectivity index is 2.41. The zero-order valence-electron chi connectivity index (χ0n) is 9.20. The first kappa shape index (κ1) is 11.8. The third kappa shape index (κ3) is 2.35. The Hall–Kier alpha value is -2.69. The number of benzene rings is 2. The Labute approximate surface area is 103 Å². The second-order valence-corrected chi connectivity index (χ2v) is 3.56. The predicted octanol–water partition coefficient (Wildman–Crippen LogP) is 2.59. The maximum atomic E-state index is 11.0. The van der Waals surface area contributed by atoms with E-state index in [1.807, 2.05) is 0 Å². The van der Waals surface area contributed by atoms with E-state index in [1.165, 1.54) is 24.3 Å². The van der Waals surface area contributed by atoms with Crippen molar-refractivity contribution in [1.82, 2.24) is 0 Å². The number of phenols is 2. The van der Waals surface area contributed by atoms with Gasteiger partial charge in [0, 0.05) is 0 Å². The number of hydrogen-bond acceptors (Lipinski definition) is 4. The van der Waals surface area contributed by atoms with Crippen molar-refractivity contribution in [1.29, 1.82) is 0 Å². The molecule has 5 heteroatoms. The van der Waals surface area contributed by atoms with Gasteiger partial charge in [-0.25, -0.2) is 4.79 Å². The average molecular weight is 246 g/mol. The zero-order valence-corrected chi connectivity index (χ0v) is 9.20. The second-order valence-electron chi connectivity index (χ2n) is 3.56. The summed E-state index contributed by atoms with van der Waals surface area (Å²) in [6.07, 6.45) is 0. The largest absolute Gasteiger partial charge is 0.508 e. The standard InChI is InChI=1S/C13H10O5/c14-8-5-6-11(9(7-8)13(16)17)18-12-4-2-1-3-10(12)15/h1-7,14-15H,(H,16,17). The summed E-state index contributed by atoms with van der Waals surface area (Å²) in [7, 11) is 0. The minimum absolute atomic E-state index is 0.0433. The number of carboxylic acid groups (broad SMARTS) is 1. The van der Waals surface area contributed by atoms with Crippen molar-refractivity contribution in [3.8, 4) is 23.0 Å². The van der Waals surface area contributed by atoms with Gasteiger partial charge in [-0.1, -0.05) is 12.1 Å².